The summed E-state index contributed by atoms with van der Waals surface area (Å²) in [4.78, 5) is 16.5. The van der Waals surface area contributed by atoms with Crippen molar-refractivity contribution in [1.29, 1.82) is 0 Å². The quantitative estimate of drug-likeness (QED) is 0.890. The standard InChI is InChI=1S/C15H19N3O2S/c1-9-4-5-13(20-3)12(6-9)18-14(19)7-11-8-21-15(17-11)10(2)16/h4-6,8,10H,7,16H2,1-3H3,(H,18,19). The molecule has 6 heteroatoms. The molecule has 2 aromatic rings. The summed E-state index contributed by atoms with van der Waals surface area (Å²) in [7, 11) is 1.58. The molecule has 0 saturated carbocycles. The number of methoxy groups -OCH3 is 1. The number of aromatic nitrogens is 1. The SMILES string of the molecule is COc1ccc(C)cc1NC(=O)Cc1csc(C(C)N)n1. The number of anilines is 1. The topological polar surface area (TPSA) is 77.2 Å². The van der Waals surface area contributed by atoms with Gasteiger partial charge in [-0.2, -0.15) is 0 Å². The highest BCUT2D eigenvalue weighted by molar-refractivity contribution is 7.09. The molecule has 1 aromatic heterocycles. The molecule has 2 rings (SSSR count). The van der Waals surface area contributed by atoms with Crippen molar-refractivity contribution in [1.82, 2.24) is 4.98 Å². The van der Waals surface area contributed by atoms with Gasteiger partial charge in [-0.15, -0.1) is 11.3 Å². The summed E-state index contributed by atoms with van der Waals surface area (Å²) >= 11 is 1.48. The number of carbonyl (C=O) groups is 1. The number of aryl methyl sites for hydroxylation is 1. The summed E-state index contributed by atoms with van der Waals surface area (Å²) < 4.78 is 5.24. The Morgan fingerprint density at radius 3 is 2.90 bits per heavy atom. The summed E-state index contributed by atoms with van der Waals surface area (Å²) in [5.74, 6) is 0.518. The highest BCUT2D eigenvalue weighted by atomic mass is 32.1. The van der Waals surface area contributed by atoms with Crippen LogP contribution in [-0.2, 0) is 11.2 Å². The zero-order valence-corrected chi connectivity index (χ0v) is 13.2. The molecule has 1 heterocycles. The predicted octanol–water partition coefficient (Wildman–Crippen LogP) is 2.66. The molecule has 0 saturated heterocycles. The van der Waals surface area contributed by atoms with Crippen LogP contribution in [0.25, 0.3) is 0 Å². The zero-order chi connectivity index (χ0) is 15.4. The van der Waals surface area contributed by atoms with Crippen LogP contribution >= 0.6 is 11.3 Å². The minimum absolute atomic E-state index is 0.108. The van der Waals surface area contributed by atoms with E-state index in [0.29, 0.717) is 11.4 Å². The molecular weight excluding hydrogens is 286 g/mol. The summed E-state index contributed by atoms with van der Waals surface area (Å²) in [6.45, 7) is 3.84. The number of thiazole rings is 1. The smallest absolute Gasteiger partial charge is 0.230 e. The largest absolute Gasteiger partial charge is 0.495 e. The lowest BCUT2D eigenvalue weighted by atomic mass is 10.2. The molecule has 5 nitrogen and oxygen atoms in total. The van der Waals surface area contributed by atoms with Gasteiger partial charge in [0.05, 0.1) is 31.0 Å². The van der Waals surface area contributed by atoms with Gasteiger partial charge in [0.1, 0.15) is 10.8 Å². The van der Waals surface area contributed by atoms with Crippen LogP contribution in [0.4, 0.5) is 5.69 Å². The normalized spacial score (nSPS) is 12.0. The lowest BCUT2D eigenvalue weighted by Crippen LogP contribution is -2.15. The fourth-order valence-electron chi connectivity index (χ4n) is 1.89. The van der Waals surface area contributed by atoms with Crippen LogP contribution < -0.4 is 15.8 Å². The van der Waals surface area contributed by atoms with Crippen molar-refractivity contribution in [3.8, 4) is 5.75 Å². The molecule has 1 amide bonds. The van der Waals surface area contributed by atoms with Crippen molar-refractivity contribution < 1.29 is 9.53 Å². The number of nitrogens with zero attached hydrogens (tertiary/aromatic N) is 1. The second kappa shape index (κ2) is 6.69. The number of nitrogens with one attached hydrogen (secondary N) is 1. The third-order valence-corrected chi connectivity index (χ3v) is 4.02. The Morgan fingerprint density at radius 2 is 2.29 bits per heavy atom. The maximum absolute atomic E-state index is 12.1. The van der Waals surface area contributed by atoms with Gasteiger partial charge in [0.2, 0.25) is 5.91 Å². The van der Waals surface area contributed by atoms with Gasteiger partial charge in [-0.25, -0.2) is 4.98 Å². The van der Waals surface area contributed by atoms with Crippen molar-refractivity contribution >= 4 is 22.9 Å². The van der Waals surface area contributed by atoms with Gasteiger partial charge in [0, 0.05) is 5.38 Å². The Morgan fingerprint density at radius 1 is 1.52 bits per heavy atom. The third-order valence-electron chi connectivity index (χ3n) is 2.93. The maximum atomic E-state index is 12.1. The first kappa shape index (κ1) is 15.5. The minimum atomic E-state index is -0.125. The van der Waals surface area contributed by atoms with E-state index in [1.807, 2.05) is 37.4 Å². The van der Waals surface area contributed by atoms with Crippen LogP contribution in [-0.4, -0.2) is 18.0 Å². The monoisotopic (exact) mass is 305 g/mol. The van der Waals surface area contributed by atoms with E-state index in [9.17, 15) is 4.79 Å². The number of carbonyl (C=O) groups excluding carboxylic acids is 1. The molecule has 21 heavy (non-hydrogen) atoms. The summed E-state index contributed by atoms with van der Waals surface area (Å²) in [6, 6.07) is 5.54. The van der Waals surface area contributed by atoms with Crippen molar-refractivity contribution in [3.05, 3.63) is 39.8 Å². The first-order valence-corrected chi connectivity index (χ1v) is 7.52. The molecule has 1 aromatic carbocycles. The molecule has 1 atom stereocenters. The minimum Gasteiger partial charge on any atom is -0.495 e. The second-order valence-corrected chi connectivity index (χ2v) is 5.78. The van der Waals surface area contributed by atoms with Gasteiger partial charge in [0.15, 0.2) is 0 Å². The second-order valence-electron chi connectivity index (χ2n) is 4.89. The molecule has 112 valence electrons. The van der Waals surface area contributed by atoms with Crippen molar-refractivity contribution in [2.45, 2.75) is 26.3 Å². The van der Waals surface area contributed by atoms with E-state index in [1.165, 1.54) is 11.3 Å². The van der Waals surface area contributed by atoms with E-state index in [-0.39, 0.29) is 18.4 Å². The first-order valence-electron chi connectivity index (χ1n) is 6.64. The Labute approximate surface area is 128 Å². The lowest BCUT2D eigenvalue weighted by Gasteiger charge is -2.10. The van der Waals surface area contributed by atoms with Crippen LogP contribution in [0.2, 0.25) is 0 Å². The van der Waals surface area contributed by atoms with Crippen LogP contribution in [0, 0.1) is 6.92 Å². The van der Waals surface area contributed by atoms with Gasteiger partial charge >= 0.3 is 0 Å². The lowest BCUT2D eigenvalue weighted by molar-refractivity contribution is -0.115. The van der Waals surface area contributed by atoms with Gasteiger partial charge in [-0.1, -0.05) is 6.07 Å². The maximum Gasteiger partial charge on any atom is 0.230 e. The van der Waals surface area contributed by atoms with Gasteiger partial charge < -0.3 is 15.8 Å². The number of amides is 1. The summed E-state index contributed by atoms with van der Waals surface area (Å²) in [6.07, 6.45) is 0.223. The van der Waals surface area contributed by atoms with E-state index in [2.05, 4.69) is 10.3 Å². The number of ether oxygens (including phenoxy) is 1. The van der Waals surface area contributed by atoms with Crippen LogP contribution in [0.5, 0.6) is 5.75 Å². The Kier molecular flexibility index (Phi) is 4.93. The average molecular weight is 305 g/mol. The zero-order valence-electron chi connectivity index (χ0n) is 12.3. The van der Waals surface area contributed by atoms with E-state index >= 15 is 0 Å². The molecule has 0 radical (unpaired) electrons. The number of benzene rings is 1. The van der Waals surface area contributed by atoms with Crippen molar-refractivity contribution in [2.75, 3.05) is 12.4 Å². The highest BCUT2D eigenvalue weighted by Gasteiger charge is 2.12. The fraction of sp³-hybridized carbons (Fsp3) is 0.333. The average Bonchev–Trinajstić information content (AvgIpc) is 2.87. The number of hydrogen-bond donors (Lipinski definition) is 2. The Balaban J connectivity index is 2.06. The highest BCUT2D eigenvalue weighted by Crippen LogP contribution is 2.25. The molecule has 1 unspecified atom stereocenters. The first-order chi connectivity index (χ1) is 9.99. The van der Waals surface area contributed by atoms with Crippen molar-refractivity contribution in [2.24, 2.45) is 5.73 Å². The molecule has 0 aliphatic heterocycles. The Bertz CT molecular complexity index is 638. The number of nitrogens with two attached hydrogens (primary N) is 1. The predicted molar refractivity (Wildman–Crippen MR) is 84.8 cm³/mol. The van der Waals surface area contributed by atoms with Gasteiger partial charge in [-0.3, -0.25) is 4.79 Å². The van der Waals surface area contributed by atoms with E-state index in [1.54, 1.807) is 7.11 Å². The molecule has 0 bridgehead atoms. The molecule has 0 aliphatic carbocycles. The van der Waals surface area contributed by atoms with Gasteiger partial charge in [-0.05, 0) is 31.5 Å². The van der Waals surface area contributed by atoms with Gasteiger partial charge in [0.25, 0.3) is 0 Å². The van der Waals surface area contributed by atoms with Crippen LogP contribution in [0.15, 0.2) is 23.6 Å². The van der Waals surface area contributed by atoms with E-state index in [4.69, 9.17) is 10.5 Å². The van der Waals surface area contributed by atoms with E-state index < -0.39 is 0 Å². The molecule has 0 spiro atoms. The summed E-state index contributed by atoms with van der Waals surface area (Å²) in [5.41, 5.74) is 8.23. The molecule has 0 aliphatic rings. The van der Waals surface area contributed by atoms with Crippen LogP contribution in [0.3, 0.4) is 0 Å². The molecule has 3 N–H and O–H groups in total. The number of rotatable bonds is 5. The third kappa shape index (κ3) is 4.03. The Hall–Kier alpha value is -1.92. The van der Waals surface area contributed by atoms with E-state index in [0.717, 1.165) is 16.3 Å². The number of hydrogen-bond acceptors (Lipinski definition) is 5. The van der Waals surface area contributed by atoms with Crippen LogP contribution in [0.1, 0.15) is 29.2 Å². The van der Waals surface area contributed by atoms with Crippen molar-refractivity contribution in [3.63, 3.8) is 0 Å². The molecule has 0 fully saturated rings. The molecular formula is C15H19N3O2S. The summed E-state index contributed by atoms with van der Waals surface area (Å²) in [5, 5.41) is 5.56. The fourth-order valence-corrected chi connectivity index (χ4v) is 2.67.